The van der Waals surface area contributed by atoms with Gasteiger partial charge in [0.05, 0.1) is 4.83 Å². The highest BCUT2D eigenvalue weighted by Crippen LogP contribution is 2.37. The number of rotatable bonds is 2. The van der Waals surface area contributed by atoms with Crippen LogP contribution in [0.3, 0.4) is 0 Å². The second-order valence-electron chi connectivity index (χ2n) is 3.55. The van der Waals surface area contributed by atoms with E-state index in [1.54, 1.807) is 36.4 Å². The summed E-state index contributed by atoms with van der Waals surface area (Å²) >= 11 is 15.4. The highest BCUT2D eigenvalue weighted by Gasteiger charge is 2.17. The Morgan fingerprint density at radius 1 is 1.00 bits per heavy atom. The largest absolute Gasteiger partial charge is 0.207 e. The Morgan fingerprint density at radius 3 is 2.35 bits per heavy atom. The summed E-state index contributed by atoms with van der Waals surface area (Å²) in [6.07, 6.45) is 0. The van der Waals surface area contributed by atoms with E-state index < -0.39 is 0 Å². The van der Waals surface area contributed by atoms with Crippen molar-refractivity contribution >= 4 is 39.1 Å². The molecule has 0 heterocycles. The molecule has 0 bridgehead atoms. The van der Waals surface area contributed by atoms with Gasteiger partial charge in [-0.15, -0.1) is 0 Å². The quantitative estimate of drug-likeness (QED) is 0.626. The minimum Gasteiger partial charge on any atom is -0.207 e. The van der Waals surface area contributed by atoms with E-state index in [0.717, 1.165) is 5.56 Å². The Kier molecular flexibility index (Phi) is 4.08. The summed E-state index contributed by atoms with van der Waals surface area (Å²) < 4.78 is 13.6. The van der Waals surface area contributed by atoms with Crippen molar-refractivity contribution in [2.24, 2.45) is 0 Å². The molecule has 0 aliphatic carbocycles. The van der Waals surface area contributed by atoms with Crippen LogP contribution < -0.4 is 0 Å². The number of benzene rings is 2. The Hall–Kier alpha value is -0.570. The highest BCUT2D eigenvalue weighted by atomic mass is 79.9. The van der Waals surface area contributed by atoms with Crippen LogP contribution in [0.15, 0.2) is 42.5 Å². The summed E-state index contributed by atoms with van der Waals surface area (Å²) in [6.45, 7) is 0. The first-order chi connectivity index (χ1) is 8.09. The van der Waals surface area contributed by atoms with Crippen molar-refractivity contribution < 1.29 is 4.39 Å². The first-order valence-corrected chi connectivity index (χ1v) is 6.60. The molecule has 0 radical (unpaired) electrons. The molecule has 0 aromatic heterocycles. The minimum atomic E-state index is -0.284. The maximum atomic E-state index is 13.6. The molecule has 0 saturated heterocycles. The summed E-state index contributed by atoms with van der Waals surface area (Å²) in [7, 11) is 0. The Bertz CT molecular complexity index is 543. The van der Waals surface area contributed by atoms with E-state index in [1.165, 1.54) is 6.07 Å². The van der Waals surface area contributed by atoms with Gasteiger partial charge in [0.2, 0.25) is 0 Å². The summed E-state index contributed by atoms with van der Waals surface area (Å²) in [5.74, 6) is -0.264. The fourth-order valence-corrected chi connectivity index (χ4v) is 2.98. The zero-order valence-electron chi connectivity index (χ0n) is 8.63. The van der Waals surface area contributed by atoms with E-state index in [2.05, 4.69) is 15.9 Å². The summed E-state index contributed by atoms with van der Waals surface area (Å²) in [5.41, 5.74) is 1.35. The monoisotopic (exact) mass is 332 g/mol. The SMILES string of the molecule is Fc1ccccc1C(Br)c1ccc(Cl)cc1Cl. The van der Waals surface area contributed by atoms with Crippen molar-refractivity contribution in [3.8, 4) is 0 Å². The predicted octanol–water partition coefficient (Wildman–Crippen LogP) is 5.62. The van der Waals surface area contributed by atoms with Crippen LogP contribution in [0, 0.1) is 5.82 Å². The zero-order valence-corrected chi connectivity index (χ0v) is 11.7. The Morgan fingerprint density at radius 2 is 1.71 bits per heavy atom. The molecule has 1 atom stereocenters. The molecule has 0 spiro atoms. The molecule has 17 heavy (non-hydrogen) atoms. The van der Waals surface area contributed by atoms with Gasteiger partial charge >= 0.3 is 0 Å². The first kappa shape index (κ1) is 12.9. The topological polar surface area (TPSA) is 0 Å². The fraction of sp³-hybridized carbons (Fsp3) is 0.0769. The third kappa shape index (κ3) is 2.82. The molecule has 0 aliphatic heterocycles. The van der Waals surface area contributed by atoms with Crippen molar-refractivity contribution in [3.63, 3.8) is 0 Å². The average molecular weight is 334 g/mol. The van der Waals surface area contributed by atoms with Gasteiger partial charge in [-0.1, -0.05) is 63.4 Å². The number of hydrogen-bond donors (Lipinski definition) is 0. The molecule has 0 nitrogen and oxygen atoms in total. The molecule has 2 rings (SSSR count). The van der Waals surface area contributed by atoms with Gasteiger partial charge in [-0.05, 0) is 23.8 Å². The lowest BCUT2D eigenvalue weighted by Gasteiger charge is -2.13. The van der Waals surface area contributed by atoms with Crippen molar-refractivity contribution in [1.29, 1.82) is 0 Å². The zero-order chi connectivity index (χ0) is 12.4. The van der Waals surface area contributed by atoms with E-state index in [1.807, 2.05) is 0 Å². The van der Waals surface area contributed by atoms with Gasteiger partial charge in [0.25, 0.3) is 0 Å². The third-order valence-electron chi connectivity index (χ3n) is 2.41. The summed E-state index contributed by atoms with van der Waals surface area (Å²) in [4.78, 5) is -0.284. The van der Waals surface area contributed by atoms with Crippen LogP contribution in [0.2, 0.25) is 10.0 Å². The Labute approximate surface area is 117 Å². The standard InChI is InChI=1S/C13H8BrCl2F/c14-13(10-3-1-2-4-12(10)17)9-6-5-8(15)7-11(9)16/h1-7,13H. The molecule has 4 heteroatoms. The van der Waals surface area contributed by atoms with Crippen molar-refractivity contribution in [1.82, 2.24) is 0 Å². The molecule has 0 saturated carbocycles. The van der Waals surface area contributed by atoms with E-state index in [9.17, 15) is 4.39 Å². The molecule has 0 N–H and O–H groups in total. The summed E-state index contributed by atoms with van der Waals surface area (Å²) in [5, 5.41) is 1.08. The lowest BCUT2D eigenvalue weighted by atomic mass is 10.0. The van der Waals surface area contributed by atoms with E-state index in [0.29, 0.717) is 15.6 Å². The van der Waals surface area contributed by atoms with Gasteiger partial charge in [-0.3, -0.25) is 0 Å². The molecule has 2 aromatic carbocycles. The van der Waals surface area contributed by atoms with Crippen LogP contribution in [-0.2, 0) is 0 Å². The van der Waals surface area contributed by atoms with Crippen molar-refractivity contribution in [2.75, 3.05) is 0 Å². The molecule has 2 aromatic rings. The molecule has 1 unspecified atom stereocenters. The van der Waals surface area contributed by atoms with Crippen molar-refractivity contribution in [2.45, 2.75) is 4.83 Å². The van der Waals surface area contributed by atoms with Gasteiger partial charge in [0.1, 0.15) is 5.82 Å². The second-order valence-corrected chi connectivity index (χ2v) is 5.31. The molecule has 88 valence electrons. The molecular weight excluding hydrogens is 326 g/mol. The lowest BCUT2D eigenvalue weighted by molar-refractivity contribution is 0.613. The van der Waals surface area contributed by atoms with Gasteiger partial charge in [0, 0.05) is 15.6 Å². The van der Waals surface area contributed by atoms with Crippen LogP contribution in [0.25, 0.3) is 0 Å². The van der Waals surface area contributed by atoms with Crippen LogP contribution in [-0.4, -0.2) is 0 Å². The molecule has 0 aliphatic rings. The minimum absolute atomic E-state index is 0.264. The van der Waals surface area contributed by atoms with Gasteiger partial charge in [-0.2, -0.15) is 0 Å². The molecule has 0 amide bonds. The van der Waals surface area contributed by atoms with Gasteiger partial charge < -0.3 is 0 Å². The van der Waals surface area contributed by atoms with E-state index in [-0.39, 0.29) is 10.6 Å². The average Bonchev–Trinajstić information content (AvgIpc) is 2.29. The molecular formula is C13H8BrCl2F. The predicted molar refractivity (Wildman–Crippen MR) is 73.6 cm³/mol. The fourth-order valence-electron chi connectivity index (χ4n) is 1.56. The van der Waals surface area contributed by atoms with Crippen LogP contribution in [0.1, 0.15) is 16.0 Å². The molecule has 0 fully saturated rings. The van der Waals surface area contributed by atoms with Crippen molar-refractivity contribution in [3.05, 3.63) is 69.5 Å². The first-order valence-electron chi connectivity index (χ1n) is 4.93. The van der Waals surface area contributed by atoms with Crippen LogP contribution in [0.4, 0.5) is 4.39 Å². The highest BCUT2D eigenvalue weighted by molar-refractivity contribution is 9.09. The second kappa shape index (κ2) is 5.38. The maximum absolute atomic E-state index is 13.6. The normalized spacial score (nSPS) is 12.5. The Balaban J connectivity index is 2.44. The van der Waals surface area contributed by atoms with E-state index in [4.69, 9.17) is 23.2 Å². The maximum Gasteiger partial charge on any atom is 0.127 e. The van der Waals surface area contributed by atoms with Crippen LogP contribution >= 0.6 is 39.1 Å². The van der Waals surface area contributed by atoms with E-state index >= 15 is 0 Å². The summed E-state index contributed by atoms with van der Waals surface area (Å²) in [6, 6.07) is 11.8. The lowest BCUT2D eigenvalue weighted by Crippen LogP contribution is -1.97. The van der Waals surface area contributed by atoms with Gasteiger partial charge in [-0.25, -0.2) is 4.39 Å². The number of halogens is 4. The number of hydrogen-bond acceptors (Lipinski definition) is 0. The van der Waals surface area contributed by atoms with Crippen LogP contribution in [0.5, 0.6) is 0 Å². The number of alkyl halides is 1. The van der Waals surface area contributed by atoms with Gasteiger partial charge in [0.15, 0.2) is 0 Å². The smallest absolute Gasteiger partial charge is 0.127 e. The third-order valence-corrected chi connectivity index (χ3v) is 3.96.